The van der Waals surface area contributed by atoms with Gasteiger partial charge in [0.05, 0.1) is 0 Å². The molecule has 0 aliphatic carbocycles. The first-order chi connectivity index (χ1) is 10.5. The number of nitrogens with zero attached hydrogens (tertiary/aromatic N) is 1. The molecule has 0 aliphatic rings. The number of carbonyl (C=O) groups excluding carboxylic acids is 1. The highest BCUT2D eigenvalue weighted by atomic mass is 35.5. The second-order valence-electron chi connectivity index (χ2n) is 5.49. The first kappa shape index (κ1) is 16.5. The smallest absolute Gasteiger partial charge is 0.243 e. The average molecular weight is 317 g/mol. The van der Waals surface area contributed by atoms with Gasteiger partial charge in [0, 0.05) is 25.2 Å². The fourth-order valence-electron chi connectivity index (χ4n) is 2.38. The zero-order valence-corrected chi connectivity index (χ0v) is 13.8. The minimum absolute atomic E-state index is 0.0186. The Balaban J connectivity index is 2.27. The van der Waals surface area contributed by atoms with E-state index in [9.17, 15) is 4.79 Å². The molecule has 2 atom stereocenters. The molecular weight excluding hydrogens is 296 g/mol. The summed E-state index contributed by atoms with van der Waals surface area (Å²) < 4.78 is 0. The molecule has 0 bridgehead atoms. The molecule has 0 spiro atoms. The van der Waals surface area contributed by atoms with Crippen LogP contribution >= 0.6 is 11.6 Å². The number of hydrogen-bond acceptors (Lipinski definition) is 2. The average Bonchev–Trinajstić information content (AvgIpc) is 2.53. The Morgan fingerprint density at radius 1 is 1.05 bits per heavy atom. The summed E-state index contributed by atoms with van der Waals surface area (Å²) in [4.78, 5) is 14.1. The van der Waals surface area contributed by atoms with E-state index >= 15 is 0 Å². The van der Waals surface area contributed by atoms with Crippen LogP contribution in [-0.2, 0) is 4.79 Å². The van der Waals surface area contributed by atoms with Gasteiger partial charge in [0.1, 0.15) is 6.04 Å². The van der Waals surface area contributed by atoms with E-state index in [0.717, 1.165) is 11.1 Å². The number of carbonyl (C=O) groups is 1. The van der Waals surface area contributed by atoms with Gasteiger partial charge < -0.3 is 4.90 Å². The summed E-state index contributed by atoms with van der Waals surface area (Å²) in [5.41, 5.74) is 1.93. The lowest BCUT2D eigenvalue weighted by Gasteiger charge is -2.26. The highest BCUT2D eigenvalue weighted by Crippen LogP contribution is 2.26. The van der Waals surface area contributed by atoms with Crippen LogP contribution in [-0.4, -0.2) is 24.9 Å². The largest absolute Gasteiger partial charge is 0.347 e. The lowest BCUT2D eigenvalue weighted by molar-refractivity contribution is -0.131. The molecule has 1 N–H and O–H groups in total. The maximum atomic E-state index is 12.5. The van der Waals surface area contributed by atoms with Crippen LogP contribution in [0.1, 0.15) is 30.1 Å². The number of benzene rings is 2. The molecule has 0 unspecified atom stereocenters. The second-order valence-corrected chi connectivity index (χ2v) is 5.89. The van der Waals surface area contributed by atoms with E-state index in [1.54, 1.807) is 19.0 Å². The van der Waals surface area contributed by atoms with E-state index < -0.39 is 6.04 Å². The van der Waals surface area contributed by atoms with Gasteiger partial charge in [0.25, 0.3) is 0 Å². The lowest BCUT2D eigenvalue weighted by atomic mass is 10.0. The van der Waals surface area contributed by atoms with Gasteiger partial charge in [-0.05, 0) is 24.1 Å². The second kappa shape index (κ2) is 7.43. The summed E-state index contributed by atoms with van der Waals surface area (Å²) in [7, 11) is 3.53. The van der Waals surface area contributed by atoms with Gasteiger partial charge in [-0.15, -0.1) is 0 Å². The van der Waals surface area contributed by atoms with Gasteiger partial charge in [-0.3, -0.25) is 10.1 Å². The van der Waals surface area contributed by atoms with E-state index in [4.69, 9.17) is 11.6 Å². The van der Waals surface area contributed by atoms with Gasteiger partial charge in [-0.25, -0.2) is 0 Å². The molecule has 0 aromatic heterocycles. The van der Waals surface area contributed by atoms with E-state index in [2.05, 4.69) is 5.32 Å². The van der Waals surface area contributed by atoms with Crippen molar-refractivity contribution in [2.45, 2.75) is 19.0 Å². The highest BCUT2D eigenvalue weighted by molar-refractivity contribution is 6.31. The Morgan fingerprint density at radius 3 is 2.23 bits per heavy atom. The van der Waals surface area contributed by atoms with Gasteiger partial charge in [-0.1, -0.05) is 60.1 Å². The van der Waals surface area contributed by atoms with Crippen molar-refractivity contribution < 1.29 is 4.79 Å². The van der Waals surface area contributed by atoms with E-state index in [1.807, 2.05) is 61.5 Å². The molecule has 0 saturated heterocycles. The number of likely N-dealkylation sites (N-methyl/N-ethyl adjacent to an activating group) is 1. The Morgan fingerprint density at radius 2 is 1.64 bits per heavy atom. The molecular formula is C18H21ClN2O. The van der Waals surface area contributed by atoms with Crippen LogP contribution in [0.3, 0.4) is 0 Å². The number of hydrogen-bond donors (Lipinski definition) is 1. The predicted molar refractivity (Wildman–Crippen MR) is 90.9 cm³/mol. The van der Waals surface area contributed by atoms with E-state index in [0.29, 0.717) is 5.02 Å². The molecule has 2 aromatic rings. The third kappa shape index (κ3) is 3.87. The van der Waals surface area contributed by atoms with Crippen molar-refractivity contribution in [3.63, 3.8) is 0 Å². The van der Waals surface area contributed by atoms with Crippen LogP contribution in [0.5, 0.6) is 0 Å². The van der Waals surface area contributed by atoms with E-state index in [1.165, 1.54) is 0 Å². The highest BCUT2D eigenvalue weighted by Gasteiger charge is 2.24. The fraction of sp³-hybridized carbons (Fsp3) is 0.278. The minimum atomic E-state index is -0.400. The summed E-state index contributed by atoms with van der Waals surface area (Å²) in [6, 6.07) is 17.0. The number of amides is 1. The zero-order chi connectivity index (χ0) is 16.1. The normalized spacial score (nSPS) is 13.5. The molecule has 0 saturated carbocycles. The summed E-state index contributed by atoms with van der Waals surface area (Å²) >= 11 is 6.26. The predicted octanol–water partition coefficient (Wildman–Crippen LogP) is 3.82. The third-order valence-electron chi connectivity index (χ3n) is 3.61. The van der Waals surface area contributed by atoms with Crippen LogP contribution < -0.4 is 5.32 Å². The number of halogens is 1. The molecule has 0 fully saturated rings. The van der Waals surface area contributed by atoms with Crippen LogP contribution in [0.15, 0.2) is 54.6 Å². The molecule has 0 heterocycles. The topological polar surface area (TPSA) is 32.3 Å². The number of rotatable bonds is 5. The Hall–Kier alpha value is -1.84. The Labute approximate surface area is 136 Å². The van der Waals surface area contributed by atoms with Crippen molar-refractivity contribution in [2.24, 2.45) is 0 Å². The fourth-order valence-corrected chi connectivity index (χ4v) is 2.68. The van der Waals surface area contributed by atoms with Gasteiger partial charge in [0.2, 0.25) is 5.91 Å². The van der Waals surface area contributed by atoms with Gasteiger partial charge >= 0.3 is 0 Å². The molecule has 116 valence electrons. The Kier molecular flexibility index (Phi) is 5.58. The molecule has 0 radical (unpaired) electrons. The van der Waals surface area contributed by atoms with Gasteiger partial charge in [-0.2, -0.15) is 0 Å². The molecule has 0 aliphatic heterocycles. The summed E-state index contributed by atoms with van der Waals surface area (Å²) in [6.07, 6.45) is 0. The molecule has 1 amide bonds. The quantitative estimate of drug-likeness (QED) is 0.909. The standard InChI is InChI=1S/C18H21ClN2O/c1-13(15-11-7-8-12-16(15)19)20-17(18(22)21(2)3)14-9-5-4-6-10-14/h4-13,17,20H,1-3H3/t13-,17+/m0/s1. The van der Waals surface area contributed by atoms with Crippen molar-refractivity contribution in [1.29, 1.82) is 0 Å². The lowest BCUT2D eigenvalue weighted by Crippen LogP contribution is -2.38. The van der Waals surface area contributed by atoms with E-state index in [-0.39, 0.29) is 11.9 Å². The van der Waals surface area contributed by atoms with Crippen LogP contribution in [0.4, 0.5) is 0 Å². The molecule has 2 aromatic carbocycles. The summed E-state index contributed by atoms with van der Waals surface area (Å²) in [6.45, 7) is 2.01. The maximum absolute atomic E-state index is 12.5. The first-order valence-corrected chi connectivity index (χ1v) is 7.65. The van der Waals surface area contributed by atoms with Gasteiger partial charge in [0.15, 0.2) is 0 Å². The van der Waals surface area contributed by atoms with Crippen molar-refractivity contribution in [2.75, 3.05) is 14.1 Å². The van der Waals surface area contributed by atoms with Crippen LogP contribution in [0, 0.1) is 0 Å². The van der Waals surface area contributed by atoms with Crippen molar-refractivity contribution in [1.82, 2.24) is 10.2 Å². The molecule has 22 heavy (non-hydrogen) atoms. The van der Waals surface area contributed by atoms with Crippen molar-refractivity contribution >= 4 is 17.5 Å². The first-order valence-electron chi connectivity index (χ1n) is 7.27. The maximum Gasteiger partial charge on any atom is 0.243 e. The SMILES string of the molecule is C[C@H](N[C@@H](C(=O)N(C)C)c1ccccc1)c1ccccc1Cl. The number of nitrogens with one attached hydrogen (secondary N) is 1. The summed E-state index contributed by atoms with van der Waals surface area (Å²) in [5.74, 6) is 0.0186. The molecule has 2 rings (SSSR count). The monoisotopic (exact) mass is 316 g/mol. The van der Waals surface area contributed by atoms with Crippen LogP contribution in [0.25, 0.3) is 0 Å². The van der Waals surface area contributed by atoms with Crippen LogP contribution in [0.2, 0.25) is 5.02 Å². The Bertz CT molecular complexity index is 628. The minimum Gasteiger partial charge on any atom is -0.347 e. The molecule has 3 nitrogen and oxygen atoms in total. The molecule has 4 heteroatoms. The van der Waals surface area contributed by atoms with Crippen molar-refractivity contribution in [3.05, 3.63) is 70.7 Å². The zero-order valence-electron chi connectivity index (χ0n) is 13.1. The third-order valence-corrected chi connectivity index (χ3v) is 3.95. The van der Waals surface area contributed by atoms with Crippen molar-refractivity contribution in [3.8, 4) is 0 Å². The summed E-state index contributed by atoms with van der Waals surface area (Å²) in [5, 5.41) is 4.10.